The Bertz CT molecular complexity index is 1160. The zero-order valence-electron chi connectivity index (χ0n) is 16.6. The highest BCUT2D eigenvalue weighted by atomic mass is 16.1. The molecule has 0 bridgehead atoms. The lowest BCUT2D eigenvalue weighted by Crippen LogP contribution is -2.33. The topological polar surface area (TPSA) is 79.0 Å². The van der Waals surface area contributed by atoms with Crippen LogP contribution in [0, 0.1) is 6.92 Å². The van der Waals surface area contributed by atoms with Gasteiger partial charge in [-0.1, -0.05) is 24.3 Å². The average molecular weight is 388 g/mol. The molecule has 1 aliphatic carbocycles. The summed E-state index contributed by atoms with van der Waals surface area (Å²) in [6.07, 6.45) is 6.13. The van der Waals surface area contributed by atoms with Crippen molar-refractivity contribution in [1.82, 2.24) is 15.0 Å². The summed E-state index contributed by atoms with van der Waals surface area (Å²) in [6.45, 7) is 3.86. The van der Waals surface area contributed by atoms with Crippen LogP contribution in [0.3, 0.4) is 0 Å². The smallest absolute Gasteiger partial charge is 0.262 e. The first-order chi connectivity index (χ1) is 14.1. The zero-order chi connectivity index (χ0) is 20.0. The third-order valence-corrected chi connectivity index (χ3v) is 6.30. The van der Waals surface area contributed by atoms with E-state index in [1.165, 1.54) is 17.5 Å². The van der Waals surface area contributed by atoms with Crippen LogP contribution in [0.15, 0.2) is 35.3 Å². The highest BCUT2D eigenvalue weighted by molar-refractivity contribution is 6.02. The molecule has 5 rings (SSSR count). The molecule has 3 aromatic rings. The maximum Gasteiger partial charge on any atom is 0.262 e. The molecule has 1 aromatic carbocycles. The van der Waals surface area contributed by atoms with Crippen LogP contribution in [0.5, 0.6) is 0 Å². The van der Waals surface area contributed by atoms with Gasteiger partial charge in [-0.2, -0.15) is 4.98 Å². The summed E-state index contributed by atoms with van der Waals surface area (Å²) in [5.74, 6) is 0.712. The van der Waals surface area contributed by atoms with E-state index in [1.54, 1.807) is 6.20 Å². The summed E-state index contributed by atoms with van der Waals surface area (Å²) in [7, 11) is 0. The lowest BCUT2D eigenvalue weighted by atomic mass is 9.78. The highest BCUT2D eigenvalue weighted by Crippen LogP contribution is 2.36. The summed E-state index contributed by atoms with van der Waals surface area (Å²) in [5, 5.41) is 0.467. The molecular formula is C23H24N4O2. The van der Waals surface area contributed by atoms with Crippen LogP contribution in [0.25, 0.3) is 11.0 Å². The SMILES string of the molecule is Cc1ccccc1[C@H]1CC(=O)c2cnc3nc(N4CCCCC4)[nH]c(=O)c3c2C1. The van der Waals surface area contributed by atoms with Gasteiger partial charge in [0.1, 0.15) is 0 Å². The van der Waals surface area contributed by atoms with Crippen LogP contribution in [-0.2, 0) is 6.42 Å². The fraction of sp³-hybridized carbons (Fsp3) is 0.391. The van der Waals surface area contributed by atoms with E-state index >= 15 is 0 Å². The number of nitrogens with zero attached hydrogens (tertiary/aromatic N) is 3. The summed E-state index contributed by atoms with van der Waals surface area (Å²) >= 11 is 0. The predicted octanol–water partition coefficient (Wildman–Crippen LogP) is 3.53. The van der Waals surface area contributed by atoms with Gasteiger partial charge in [-0.3, -0.25) is 14.6 Å². The third-order valence-electron chi connectivity index (χ3n) is 6.30. The number of hydrogen-bond acceptors (Lipinski definition) is 5. The van der Waals surface area contributed by atoms with E-state index in [0.29, 0.717) is 35.4 Å². The normalized spacial score (nSPS) is 19.4. The first-order valence-electron chi connectivity index (χ1n) is 10.4. The number of rotatable bonds is 2. The Morgan fingerprint density at radius 1 is 1.07 bits per heavy atom. The number of aryl methyl sites for hydroxylation is 1. The van der Waals surface area contributed by atoms with Gasteiger partial charge in [-0.25, -0.2) is 4.98 Å². The van der Waals surface area contributed by atoms with Gasteiger partial charge in [0.05, 0.1) is 5.39 Å². The molecule has 3 heterocycles. The third kappa shape index (κ3) is 3.12. The molecule has 148 valence electrons. The first kappa shape index (κ1) is 18.0. The molecule has 0 amide bonds. The molecule has 0 saturated carbocycles. The zero-order valence-corrected chi connectivity index (χ0v) is 16.6. The fourth-order valence-electron chi connectivity index (χ4n) is 4.78. The number of Topliss-reactive ketones (excluding diaryl/α,β-unsaturated/α-hetero) is 1. The van der Waals surface area contributed by atoms with Crippen molar-refractivity contribution in [1.29, 1.82) is 0 Å². The van der Waals surface area contributed by atoms with Crippen LogP contribution in [0.2, 0.25) is 0 Å². The molecular weight excluding hydrogens is 364 g/mol. The molecule has 1 aliphatic heterocycles. The van der Waals surface area contributed by atoms with Crippen molar-refractivity contribution in [3.63, 3.8) is 0 Å². The van der Waals surface area contributed by atoms with E-state index in [-0.39, 0.29) is 17.3 Å². The van der Waals surface area contributed by atoms with Crippen molar-refractivity contribution in [2.45, 2.75) is 44.9 Å². The van der Waals surface area contributed by atoms with Crippen LogP contribution in [-0.4, -0.2) is 33.8 Å². The quantitative estimate of drug-likeness (QED) is 0.727. The minimum absolute atomic E-state index is 0.0495. The van der Waals surface area contributed by atoms with Crippen molar-refractivity contribution in [3.8, 4) is 0 Å². The van der Waals surface area contributed by atoms with Gasteiger partial charge in [0.25, 0.3) is 5.56 Å². The number of nitrogens with one attached hydrogen (secondary N) is 1. The predicted molar refractivity (Wildman–Crippen MR) is 113 cm³/mol. The van der Waals surface area contributed by atoms with Crippen molar-refractivity contribution in [2.75, 3.05) is 18.0 Å². The number of ketones is 1. The second-order valence-electron chi connectivity index (χ2n) is 8.17. The van der Waals surface area contributed by atoms with Crippen molar-refractivity contribution in [2.24, 2.45) is 0 Å². The average Bonchev–Trinajstić information content (AvgIpc) is 2.74. The number of benzene rings is 1. The lowest BCUT2D eigenvalue weighted by molar-refractivity contribution is 0.0964. The molecule has 1 fully saturated rings. The minimum atomic E-state index is -0.196. The molecule has 29 heavy (non-hydrogen) atoms. The van der Waals surface area contributed by atoms with Crippen LogP contribution in [0.1, 0.15) is 58.6 Å². The molecule has 0 spiro atoms. The van der Waals surface area contributed by atoms with Gasteiger partial charge >= 0.3 is 0 Å². The van der Waals surface area contributed by atoms with Gasteiger partial charge < -0.3 is 4.90 Å². The Morgan fingerprint density at radius 3 is 2.66 bits per heavy atom. The maximum absolute atomic E-state index is 13.1. The van der Waals surface area contributed by atoms with Gasteiger partial charge in [0, 0.05) is 31.3 Å². The molecule has 0 radical (unpaired) electrons. The summed E-state index contributed by atoms with van der Waals surface area (Å²) in [6, 6.07) is 8.16. The number of pyridine rings is 1. The Morgan fingerprint density at radius 2 is 1.86 bits per heavy atom. The number of hydrogen-bond donors (Lipinski definition) is 1. The van der Waals surface area contributed by atoms with Gasteiger partial charge in [-0.15, -0.1) is 0 Å². The monoisotopic (exact) mass is 388 g/mol. The van der Waals surface area contributed by atoms with E-state index < -0.39 is 0 Å². The van der Waals surface area contributed by atoms with E-state index in [0.717, 1.165) is 31.5 Å². The van der Waals surface area contributed by atoms with Gasteiger partial charge in [-0.05, 0) is 55.2 Å². The Balaban J connectivity index is 1.61. The fourth-order valence-corrected chi connectivity index (χ4v) is 4.78. The number of aromatic nitrogens is 3. The number of carbonyl (C=O) groups excluding carboxylic acids is 1. The standard InChI is InChI=1S/C23H24N4O2/c1-14-7-3-4-8-16(14)15-11-17-18(19(28)12-15)13-24-21-20(17)22(29)26-23(25-21)27-9-5-2-6-10-27/h3-4,7-8,13,15H,2,5-6,9-12H2,1H3,(H,24,25,26,29)/t15-/m1/s1. The number of fused-ring (bicyclic) bond motifs is 3. The summed E-state index contributed by atoms with van der Waals surface area (Å²) < 4.78 is 0. The largest absolute Gasteiger partial charge is 0.342 e. The highest BCUT2D eigenvalue weighted by Gasteiger charge is 2.30. The lowest BCUT2D eigenvalue weighted by Gasteiger charge is -2.28. The molecule has 6 nitrogen and oxygen atoms in total. The van der Waals surface area contributed by atoms with Crippen LogP contribution < -0.4 is 10.5 Å². The molecule has 1 saturated heterocycles. The minimum Gasteiger partial charge on any atom is -0.342 e. The second-order valence-corrected chi connectivity index (χ2v) is 8.17. The van der Waals surface area contributed by atoms with Crippen molar-refractivity contribution >= 4 is 22.8 Å². The molecule has 6 heteroatoms. The Kier molecular flexibility index (Phi) is 4.42. The van der Waals surface area contributed by atoms with Crippen LogP contribution in [0.4, 0.5) is 5.95 Å². The number of aromatic amines is 1. The Labute approximate surface area is 169 Å². The molecule has 0 unspecified atom stereocenters. The molecule has 2 aliphatic rings. The molecule has 2 aromatic heterocycles. The number of carbonyl (C=O) groups is 1. The van der Waals surface area contributed by atoms with E-state index in [9.17, 15) is 9.59 Å². The number of piperidine rings is 1. The van der Waals surface area contributed by atoms with E-state index in [4.69, 9.17) is 0 Å². The van der Waals surface area contributed by atoms with Crippen molar-refractivity contribution < 1.29 is 4.79 Å². The summed E-state index contributed by atoms with van der Waals surface area (Å²) in [5.41, 5.74) is 3.94. The number of H-pyrrole nitrogens is 1. The number of anilines is 1. The summed E-state index contributed by atoms with van der Waals surface area (Å²) in [4.78, 5) is 40.1. The van der Waals surface area contributed by atoms with Crippen molar-refractivity contribution in [3.05, 3.63) is 63.1 Å². The first-order valence-corrected chi connectivity index (χ1v) is 10.4. The second kappa shape index (κ2) is 7.10. The van der Waals surface area contributed by atoms with E-state index in [2.05, 4.69) is 38.9 Å². The maximum atomic E-state index is 13.1. The molecule has 1 atom stereocenters. The van der Waals surface area contributed by atoms with Gasteiger partial charge in [0.2, 0.25) is 5.95 Å². The molecule has 1 N–H and O–H groups in total. The Hall–Kier alpha value is -3.02. The van der Waals surface area contributed by atoms with Crippen LogP contribution >= 0.6 is 0 Å². The van der Waals surface area contributed by atoms with E-state index in [1.807, 2.05) is 12.1 Å². The van der Waals surface area contributed by atoms with Gasteiger partial charge in [0.15, 0.2) is 11.4 Å².